The molecule has 1 rings (SSSR count). The Morgan fingerprint density at radius 3 is 2.30 bits per heavy atom. The van der Waals surface area contributed by atoms with E-state index in [1.165, 1.54) is 18.2 Å². The first-order valence-corrected chi connectivity index (χ1v) is 6.10. The molecule has 1 atom stereocenters. The quantitative estimate of drug-likeness (QED) is 0.512. The predicted octanol–water partition coefficient (Wildman–Crippen LogP) is 0.801. The Bertz CT molecular complexity index is 502. The van der Waals surface area contributed by atoms with Gasteiger partial charge in [0.05, 0.1) is 0 Å². The summed E-state index contributed by atoms with van der Waals surface area (Å²) in [5, 5.41) is 32.5. The number of nitrogens with one attached hydrogen (secondary N) is 2. The van der Waals surface area contributed by atoms with Crippen molar-refractivity contribution in [3.05, 3.63) is 23.8 Å². The summed E-state index contributed by atoms with van der Waals surface area (Å²) < 4.78 is 0. The van der Waals surface area contributed by atoms with Crippen LogP contribution in [0.5, 0.6) is 11.5 Å². The molecule has 7 nitrogen and oxygen atoms in total. The third kappa shape index (κ3) is 4.68. The number of carbonyl (C=O) groups excluding carboxylic acids is 1. The fourth-order valence-electron chi connectivity index (χ4n) is 1.59. The molecule has 1 aromatic carbocycles. The fourth-order valence-corrected chi connectivity index (χ4v) is 1.59. The van der Waals surface area contributed by atoms with Crippen LogP contribution in [0.25, 0.3) is 0 Å². The van der Waals surface area contributed by atoms with Crippen LogP contribution in [0.3, 0.4) is 0 Å². The van der Waals surface area contributed by atoms with Gasteiger partial charge in [-0.1, -0.05) is 6.07 Å². The summed E-state index contributed by atoms with van der Waals surface area (Å²) in [7, 11) is 0. The minimum atomic E-state index is -1.18. The van der Waals surface area contributed by atoms with Crippen LogP contribution in [0, 0.1) is 0 Å². The molecule has 110 valence electrons. The molecule has 20 heavy (non-hydrogen) atoms. The first-order valence-electron chi connectivity index (χ1n) is 6.10. The normalized spacial score (nSPS) is 11.9. The van der Waals surface area contributed by atoms with Crippen molar-refractivity contribution in [1.29, 1.82) is 0 Å². The van der Waals surface area contributed by atoms with Crippen LogP contribution in [0.15, 0.2) is 18.2 Å². The largest absolute Gasteiger partial charge is 0.504 e. The molecule has 2 amide bonds. The van der Waals surface area contributed by atoms with E-state index in [4.69, 9.17) is 5.11 Å². The Labute approximate surface area is 116 Å². The Morgan fingerprint density at radius 2 is 1.80 bits per heavy atom. The van der Waals surface area contributed by atoms with Gasteiger partial charge >= 0.3 is 12.0 Å². The van der Waals surface area contributed by atoms with E-state index in [2.05, 4.69) is 10.6 Å². The van der Waals surface area contributed by atoms with Crippen molar-refractivity contribution >= 4 is 12.0 Å². The predicted molar refractivity (Wildman–Crippen MR) is 71.7 cm³/mol. The fraction of sp³-hybridized carbons (Fsp3) is 0.385. The molecule has 0 saturated heterocycles. The van der Waals surface area contributed by atoms with Crippen LogP contribution in [-0.2, 0) is 11.2 Å². The van der Waals surface area contributed by atoms with Crippen molar-refractivity contribution in [2.24, 2.45) is 0 Å². The molecule has 0 saturated carbocycles. The van der Waals surface area contributed by atoms with Crippen molar-refractivity contribution in [2.45, 2.75) is 32.4 Å². The number of carbonyl (C=O) groups is 2. The van der Waals surface area contributed by atoms with Gasteiger partial charge in [0.1, 0.15) is 6.04 Å². The van der Waals surface area contributed by atoms with E-state index in [0.717, 1.165) is 0 Å². The number of phenolic OH excluding ortho intramolecular Hbond substituents is 2. The Morgan fingerprint density at radius 1 is 1.15 bits per heavy atom. The highest BCUT2D eigenvalue weighted by atomic mass is 16.4. The van der Waals surface area contributed by atoms with Gasteiger partial charge in [0.2, 0.25) is 0 Å². The Balaban J connectivity index is 2.74. The number of benzene rings is 1. The van der Waals surface area contributed by atoms with Crippen LogP contribution in [0.1, 0.15) is 19.4 Å². The maximum atomic E-state index is 11.5. The van der Waals surface area contributed by atoms with Gasteiger partial charge in [-0.3, -0.25) is 0 Å². The van der Waals surface area contributed by atoms with Crippen molar-refractivity contribution < 1.29 is 24.9 Å². The zero-order chi connectivity index (χ0) is 15.3. The lowest BCUT2D eigenvalue weighted by atomic mass is 10.1. The number of hydrogen-bond acceptors (Lipinski definition) is 4. The van der Waals surface area contributed by atoms with Gasteiger partial charge in [0.25, 0.3) is 0 Å². The van der Waals surface area contributed by atoms with E-state index < -0.39 is 18.0 Å². The first kappa shape index (κ1) is 15.6. The summed E-state index contributed by atoms with van der Waals surface area (Å²) in [4.78, 5) is 22.6. The third-order valence-corrected chi connectivity index (χ3v) is 2.50. The van der Waals surface area contributed by atoms with Crippen molar-refractivity contribution in [2.75, 3.05) is 0 Å². The number of carboxylic acids is 1. The van der Waals surface area contributed by atoms with Gasteiger partial charge in [-0.15, -0.1) is 0 Å². The topological polar surface area (TPSA) is 119 Å². The summed E-state index contributed by atoms with van der Waals surface area (Å²) >= 11 is 0. The lowest BCUT2D eigenvalue weighted by Gasteiger charge is -2.16. The zero-order valence-electron chi connectivity index (χ0n) is 11.3. The molecule has 0 heterocycles. The molecule has 0 aromatic heterocycles. The van der Waals surface area contributed by atoms with E-state index in [-0.39, 0.29) is 24.0 Å². The maximum Gasteiger partial charge on any atom is 0.326 e. The number of phenols is 2. The van der Waals surface area contributed by atoms with Crippen molar-refractivity contribution in [3.8, 4) is 11.5 Å². The zero-order valence-corrected chi connectivity index (χ0v) is 11.3. The molecule has 1 aromatic rings. The van der Waals surface area contributed by atoms with Gasteiger partial charge in [0.15, 0.2) is 11.5 Å². The van der Waals surface area contributed by atoms with Gasteiger partial charge in [-0.25, -0.2) is 9.59 Å². The Kier molecular flexibility index (Phi) is 5.19. The average Bonchev–Trinajstić information content (AvgIpc) is 2.31. The van der Waals surface area contributed by atoms with E-state index in [0.29, 0.717) is 5.56 Å². The van der Waals surface area contributed by atoms with Crippen molar-refractivity contribution in [1.82, 2.24) is 10.6 Å². The molecule has 7 heteroatoms. The highest BCUT2D eigenvalue weighted by Gasteiger charge is 2.21. The lowest BCUT2D eigenvalue weighted by molar-refractivity contribution is -0.139. The second-order valence-corrected chi connectivity index (χ2v) is 4.69. The van der Waals surface area contributed by atoms with E-state index >= 15 is 0 Å². The number of aromatic hydroxyl groups is 2. The molecule has 5 N–H and O–H groups in total. The number of aliphatic carboxylic acids is 1. The monoisotopic (exact) mass is 282 g/mol. The molecule has 0 unspecified atom stereocenters. The summed E-state index contributed by atoms with van der Waals surface area (Å²) in [5.74, 6) is -1.80. The van der Waals surface area contributed by atoms with Crippen molar-refractivity contribution in [3.63, 3.8) is 0 Å². The third-order valence-electron chi connectivity index (χ3n) is 2.50. The van der Waals surface area contributed by atoms with E-state index in [1.54, 1.807) is 13.8 Å². The number of carboxylic acid groups (broad SMARTS) is 1. The molecule has 0 spiro atoms. The SMILES string of the molecule is CC(C)NC(=O)N[C@@H](Cc1ccc(O)c(O)c1)C(=O)O. The molecule has 0 aliphatic heterocycles. The van der Waals surface area contributed by atoms with E-state index in [1.807, 2.05) is 0 Å². The standard InChI is InChI=1S/C13H18N2O5/c1-7(2)14-13(20)15-9(12(18)19)5-8-3-4-10(16)11(17)6-8/h3-4,6-7,9,16-17H,5H2,1-2H3,(H,18,19)(H2,14,15,20)/t9-/m0/s1. The second kappa shape index (κ2) is 6.65. The number of urea groups is 1. The summed E-state index contributed by atoms with van der Waals surface area (Å²) in [6.45, 7) is 3.51. The maximum absolute atomic E-state index is 11.5. The minimum absolute atomic E-state index is 0.00527. The highest BCUT2D eigenvalue weighted by Crippen LogP contribution is 2.25. The van der Waals surface area contributed by atoms with Gasteiger partial charge in [-0.05, 0) is 31.5 Å². The summed E-state index contributed by atoms with van der Waals surface area (Å²) in [6, 6.07) is 2.19. The van der Waals surface area contributed by atoms with Crippen LogP contribution in [-0.4, -0.2) is 39.4 Å². The number of rotatable bonds is 5. The van der Waals surface area contributed by atoms with Crippen LogP contribution in [0.4, 0.5) is 4.79 Å². The first-order chi connectivity index (χ1) is 9.29. The lowest BCUT2D eigenvalue weighted by Crippen LogP contribution is -2.48. The van der Waals surface area contributed by atoms with Crippen LogP contribution < -0.4 is 10.6 Å². The molecule has 0 aliphatic rings. The second-order valence-electron chi connectivity index (χ2n) is 4.69. The number of hydrogen-bond donors (Lipinski definition) is 5. The Hall–Kier alpha value is -2.44. The summed E-state index contributed by atoms with van der Waals surface area (Å²) in [5.41, 5.74) is 0.484. The van der Waals surface area contributed by atoms with E-state index in [9.17, 15) is 19.8 Å². The molecule has 0 radical (unpaired) electrons. The van der Waals surface area contributed by atoms with Crippen LogP contribution in [0.2, 0.25) is 0 Å². The molecule has 0 fully saturated rings. The van der Waals surface area contributed by atoms with Gasteiger partial charge in [0, 0.05) is 12.5 Å². The number of amides is 2. The molecule has 0 aliphatic carbocycles. The average molecular weight is 282 g/mol. The van der Waals surface area contributed by atoms with Gasteiger partial charge < -0.3 is 26.0 Å². The molecular formula is C13H18N2O5. The minimum Gasteiger partial charge on any atom is -0.504 e. The molecular weight excluding hydrogens is 264 g/mol. The highest BCUT2D eigenvalue weighted by molar-refractivity contribution is 5.82. The smallest absolute Gasteiger partial charge is 0.326 e. The van der Waals surface area contributed by atoms with Gasteiger partial charge in [-0.2, -0.15) is 0 Å². The molecule has 0 bridgehead atoms. The van der Waals surface area contributed by atoms with Crippen LogP contribution >= 0.6 is 0 Å². The summed E-state index contributed by atoms with van der Waals surface area (Å²) in [6.07, 6.45) is -0.00527.